The lowest BCUT2D eigenvalue weighted by Crippen LogP contribution is -2.36. The fourth-order valence-electron chi connectivity index (χ4n) is 1.43. The minimum atomic E-state index is -0.360. The average molecular weight is 228 g/mol. The summed E-state index contributed by atoms with van der Waals surface area (Å²) in [5, 5.41) is 17.6. The molecule has 6 heteroatoms. The van der Waals surface area contributed by atoms with Gasteiger partial charge in [0.25, 0.3) is 5.91 Å². The molecular formula is C10H16N2O4. The van der Waals surface area contributed by atoms with Crippen LogP contribution in [-0.2, 0) is 0 Å². The number of aryl methyl sites for hydroxylation is 2. The molecule has 0 aliphatic carbocycles. The summed E-state index contributed by atoms with van der Waals surface area (Å²) in [4.78, 5) is 17.3. The molecule has 1 heterocycles. The number of amides is 1. The molecule has 0 saturated heterocycles. The first kappa shape index (κ1) is 12.7. The van der Waals surface area contributed by atoms with Crippen molar-refractivity contribution in [2.45, 2.75) is 13.8 Å². The van der Waals surface area contributed by atoms with Crippen LogP contribution >= 0.6 is 0 Å². The Balaban J connectivity index is 2.85. The highest BCUT2D eigenvalue weighted by molar-refractivity contribution is 5.92. The highest BCUT2D eigenvalue weighted by Crippen LogP contribution is 2.12. The van der Waals surface area contributed by atoms with E-state index in [0.717, 1.165) is 0 Å². The molecule has 0 radical (unpaired) electrons. The molecule has 0 aliphatic heterocycles. The van der Waals surface area contributed by atoms with Gasteiger partial charge in [0.05, 0.1) is 18.9 Å². The van der Waals surface area contributed by atoms with Crippen molar-refractivity contribution in [3.05, 3.63) is 17.3 Å². The van der Waals surface area contributed by atoms with Crippen LogP contribution in [0.2, 0.25) is 0 Å². The van der Waals surface area contributed by atoms with Gasteiger partial charge in [-0.3, -0.25) is 4.79 Å². The highest BCUT2D eigenvalue weighted by Gasteiger charge is 2.21. The van der Waals surface area contributed by atoms with Crippen molar-refractivity contribution in [1.82, 2.24) is 9.88 Å². The molecule has 0 bridgehead atoms. The lowest BCUT2D eigenvalue weighted by molar-refractivity contribution is 0.0651. The topological polar surface area (TPSA) is 86.8 Å². The number of nitrogens with zero attached hydrogens (tertiary/aromatic N) is 2. The number of oxazole rings is 1. The normalized spacial score (nSPS) is 10.5. The number of carbonyl (C=O) groups excluding carboxylic acids is 1. The quantitative estimate of drug-likeness (QED) is 0.723. The highest BCUT2D eigenvalue weighted by atomic mass is 16.4. The number of carbonyl (C=O) groups is 1. The van der Waals surface area contributed by atoms with E-state index in [1.54, 1.807) is 13.8 Å². The maximum atomic E-state index is 11.9. The van der Waals surface area contributed by atoms with Gasteiger partial charge in [-0.1, -0.05) is 0 Å². The molecule has 0 spiro atoms. The van der Waals surface area contributed by atoms with E-state index in [4.69, 9.17) is 14.6 Å². The van der Waals surface area contributed by atoms with Crippen molar-refractivity contribution < 1.29 is 19.4 Å². The third kappa shape index (κ3) is 2.80. The summed E-state index contributed by atoms with van der Waals surface area (Å²) in [6.45, 7) is 3.36. The van der Waals surface area contributed by atoms with Gasteiger partial charge in [0.2, 0.25) is 5.76 Å². The second-order valence-electron chi connectivity index (χ2n) is 3.39. The van der Waals surface area contributed by atoms with Gasteiger partial charge in [-0.15, -0.1) is 0 Å². The Bertz CT molecular complexity index is 356. The molecule has 1 amide bonds. The molecule has 0 fully saturated rings. The maximum Gasteiger partial charge on any atom is 0.291 e. The summed E-state index contributed by atoms with van der Waals surface area (Å²) in [6, 6.07) is 0. The smallest absolute Gasteiger partial charge is 0.291 e. The predicted molar refractivity (Wildman–Crippen MR) is 56.1 cm³/mol. The standard InChI is InChI=1S/C10H16N2O4/c1-7-9(16-8(2)11-7)10(15)12(3-5-13)4-6-14/h13-14H,3-6H2,1-2H3. The van der Waals surface area contributed by atoms with Gasteiger partial charge in [0.1, 0.15) is 0 Å². The van der Waals surface area contributed by atoms with Crippen molar-refractivity contribution in [2.75, 3.05) is 26.3 Å². The summed E-state index contributed by atoms with van der Waals surface area (Å²) in [6.07, 6.45) is 0. The van der Waals surface area contributed by atoms with E-state index in [-0.39, 0.29) is 38.0 Å². The summed E-state index contributed by atoms with van der Waals surface area (Å²) >= 11 is 0. The van der Waals surface area contributed by atoms with Gasteiger partial charge in [0, 0.05) is 20.0 Å². The summed E-state index contributed by atoms with van der Waals surface area (Å²) < 4.78 is 5.18. The van der Waals surface area contributed by atoms with Gasteiger partial charge < -0.3 is 19.5 Å². The van der Waals surface area contributed by atoms with Crippen LogP contribution in [0.25, 0.3) is 0 Å². The Morgan fingerprint density at radius 2 is 1.88 bits per heavy atom. The van der Waals surface area contributed by atoms with Gasteiger partial charge in [-0.05, 0) is 6.92 Å². The minimum absolute atomic E-state index is 0.155. The number of hydrogen-bond acceptors (Lipinski definition) is 5. The first-order valence-electron chi connectivity index (χ1n) is 5.05. The van der Waals surface area contributed by atoms with Gasteiger partial charge in [0.15, 0.2) is 5.89 Å². The zero-order chi connectivity index (χ0) is 12.1. The Kier molecular flexibility index (Phi) is 4.45. The van der Waals surface area contributed by atoms with Crippen LogP contribution in [0.5, 0.6) is 0 Å². The number of aliphatic hydroxyl groups is 2. The molecule has 6 nitrogen and oxygen atoms in total. The molecule has 1 rings (SSSR count). The van der Waals surface area contributed by atoms with Crippen LogP contribution in [0.1, 0.15) is 22.1 Å². The molecular weight excluding hydrogens is 212 g/mol. The second-order valence-corrected chi connectivity index (χ2v) is 3.39. The van der Waals surface area contributed by atoms with Crippen molar-refractivity contribution in [3.8, 4) is 0 Å². The predicted octanol–water partition coefficient (Wildman–Crippen LogP) is -0.282. The van der Waals surface area contributed by atoms with Crippen molar-refractivity contribution >= 4 is 5.91 Å². The first-order chi connectivity index (χ1) is 7.60. The van der Waals surface area contributed by atoms with Crippen molar-refractivity contribution in [2.24, 2.45) is 0 Å². The van der Waals surface area contributed by atoms with Crippen LogP contribution in [0, 0.1) is 13.8 Å². The molecule has 1 aromatic heterocycles. The molecule has 0 aromatic carbocycles. The van der Waals surface area contributed by atoms with Crippen LogP contribution in [0.4, 0.5) is 0 Å². The third-order valence-corrected chi connectivity index (χ3v) is 2.12. The molecule has 90 valence electrons. The Labute approximate surface area is 93.5 Å². The van der Waals surface area contributed by atoms with E-state index in [9.17, 15) is 4.79 Å². The number of rotatable bonds is 5. The van der Waals surface area contributed by atoms with Crippen LogP contribution < -0.4 is 0 Å². The first-order valence-corrected chi connectivity index (χ1v) is 5.05. The van der Waals surface area contributed by atoms with Crippen molar-refractivity contribution in [1.29, 1.82) is 0 Å². The fourth-order valence-corrected chi connectivity index (χ4v) is 1.43. The second kappa shape index (κ2) is 5.62. The van der Waals surface area contributed by atoms with E-state index in [2.05, 4.69) is 4.98 Å². The zero-order valence-corrected chi connectivity index (χ0v) is 9.43. The molecule has 0 aliphatic rings. The van der Waals surface area contributed by atoms with E-state index >= 15 is 0 Å². The molecule has 2 N–H and O–H groups in total. The van der Waals surface area contributed by atoms with Crippen LogP contribution in [0.15, 0.2) is 4.42 Å². The van der Waals surface area contributed by atoms with E-state index in [0.29, 0.717) is 11.6 Å². The minimum Gasteiger partial charge on any atom is -0.436 e. The largest absolute Gasteiger partial charge is 0.436 e. The van der Waals surface area contributed by atoms with Gasteiger partial charge in [-0.25, -0.2) is 4.98 Å². The lowest BCUT2D eigenvalue weighted by Gasteiger charge is -2.19. The maximum absolute atomic E-state index is 11.9. The van der Waals surface area contributed by atoms with Gasteiger partial charge >= 0.3 is 0 Å². The van der Waals surface area contributed by atoms with E-state index in [1.807, 2.05) is 0 Å². The van der Waals surface area contributed by atoms with E-state index < -0.39 is 0 Å². The Hall–Kier alpha value is -1.40. The summed E-state index contributed by atoms with van der Waals surface area (Å²) in [5.74, 6) is 0.231. The fraction of sp³-hybridized carbons (Fsp3) is 0.600. The SMILES string of the molecule is Cc1nc(C)c(C(=O)N(CCO)CCO)o1. The van der Waals surface area contributed by atoms with Crippen LogP contribution in [0.3, 0.4) is 0 Å². The number of aromatic nitrogens is 1. The average Bonchev–Trinajstić information content (AvgIpc) is 2.56. The molecule has 0 unspecified atom stereocenters. The molecule has 1 aromatic rings. The number of hydrogen-bond donors (Lipinski definition) is 2. The molecule has 16 heavy (non-hydrogen) atoms. The Morgan fingerprint density at radius 3 is 2.25 bits per heavy atom. The molecule has 0 saturated carbocycles. The van der Waals surface area contributed by atoms with Gasteiger partial charge in [-0.2, -0.15) is 0 Å². The van der Waals surface area contributed by atoms with Crippen molar-refractivity contribution in [3.63, 3.8) is 0 Å². The number of aliphatic hydroxyl groups excluding tert-OH is 2. The Morgan fingerprint density at radius 1 is 1.31 bits per heavy atom. The van der Waals surface area contributed by atoms with Crippen LogP contribution in [-0.4, -0.2) is 52.3 Å². The van der Waals surface area contributed by atoms with E-state index in [1.165, 1.54) is 4.90 Å². The summed E-state index contributed by atoms with van der Waals surface area (Å²) in [5.41, 5.74) is 0.517. The molecule has 0 atom stereocenters. The third-order valence-electron chi connectivity index (χ3n) is 2.12. The lowest BCUT2D eigenvalue weighted by atomic mass is 10.3. The summed E-state index contributed by atoms with van der Waals surface area (Å²) in [7, 11) is 0. The zero-order valence-electron chi connectivity index (χ0n) is 9.43. The monoisotopic (exact) mass is 228 g/mol.